The van der Waals surface area contributed by atoms with Crippen LogP contribution in [0.25, 0.3) is 0 Å². The van der Waals surface area contributed by atoms with Crippen LogP contribution in [0.2, 0.25) is 0 Å². The molecule has 0 saturated carbocycles. The molecule has 2 heterocycles. The maximum absolute atomic E-state index is 13.7. The van der Waals surface area contributed by atoms with Gasteiger partial charge in [-0.05, 0) is 42.7 Å². The lowest BCUT2D eigenvalue weighted by Gasteiger charge is -2.35. The number of benzene rings is 2. The van der Waals surface area contributed by atoms with Crippen molar-refractivity contribution in [2.45, 2.75) is 39.3 Å². The molecule has 0 spiro atoms. The van der Waals surface area contributed by atoms with Crippen LogP contribution in [0.5, 0.6) is 0 Å². The zero-order chi connectivity index (χ0) is 22.5. The number of nitrogens with zero attached hydrogens (tertiary/aromatic N) is 3. The van der Waals surface area contributed by atoms with Crippen LogP contribution < -0.4 is 4.90 Å². The summed E-state index contributed by atoms with van der Waals surface area (Å²) in [7, 11) is 0. The molecule has 2 aliphatic heterocycles. The molecule has 1 saturated heterocycles. The SMILES string of the molecule is CCC(=O)N1CCc2cc(C(=O)N(Cc3ccccc3)C(C)CN3CCOCC3)ccc21. The normalized spacial score (nSPS) is 17.1. The predicted octanol–water partition coefficient (Wildman–Crippen LogP) is 3.35. The fraction of sp³-hybridized carbons (Fsp3) is 0.462. The molecule has 1 unspecified atom stereocenters. The summed E-state index contributed by atoms with van der Waals surface area (Å²) in [6.07, 6.45) is 1.29. The van der Waals surface area contributed by atoms with E-state index in [-0.39, 0.29) is 17.9 Å². The van der Waals surface area contributed by atoms with Gasteiger partial charge in [-0.25, -0.2) is 0 Å². The van der Waals surface area contributed by atoms with Crippen molar-refractivity contribution in [1.82, 2.24) is 9.80 Å². The van der Waals surface area contributed by atoms with Gasteiger partial charge in [0, 0.05) is 56.4 Å². The highest BCUT2D eigenvalue weighted by molar-refractivity contribution is 5.98. The molecule has 32 heavy (non-hydrogen) atoms. The minimum Gasteiger partial charge on any atom is -0.379 e. The van der Waals surface area contributed by atoms with E-state index in [1.165, 1.54) is 0 Å². The van der Waals surface area contributed by atoms with Gasteiger partial charge in [-0.1, -0.05) is 37.3 Å². The van der Waals surface area contributed by atoms with Crippen LogP contribution >= 0.6 is 0 Å². The molecule has 4 rings (SSSR count). The molecule has 1 fully saturated rings. The van der Waals surface area contributed by atoms with E-state index in [0.29, 0.717) is 25.1 Å². The molecule has 0 N–H and O–H groups in total. The summed E-state index contributed by atoms with van der Waals surface area (Å²) < 4.78 is 5.48. The summed E-state index contributed by atoms with van der Waals surface area (Å²) in [4.78, 5) is 32.1. The number of ether oxygens (including phenoxy) is 1. The quantitative estimate of drug-likeness (QED) is 0.669. The summed E-state index contributed by atoms with van der Waals surface area (Å²) >= 11 is 0. The van der Waals surface area contributed by atoms with Crippen LogP contribution in [-0.2, 0) is 22.5 Å². The molecule has 1 atom stereocenters. The first-order chi connectivity index (χ1) is 15.6. The highest BCUT2D eigenvalue weighted by atomic mass is 16.5. The van der Waals surface area contributed by atoms with Gasteiger partial charge in [0.1, 0.15) is 0 Å². The van der Waals surface area contributed by atoms with E-state index in [4.69, 9.17) is 4.74 Å². The van der Waals surface area contributed by atoms with Gasteiger partial charge < -0.3 is 14.5 Å². The third-order valence-corrected chi connectivity index (χ3v) is 6.44. The average Bonchev–Trinajstić information content (AvgIpc) is 3.26. The Morgan fingerprint density at radius 1 is 1.06 bits per heavy atom. The molecule has 6 heteroatoms. The van der Waals surface area contributed by atoms with Crippen LogP contribution in [0.1, 0.15) is 41.8 Å². The van der Waals surface area contributed by atoms with E-state index in [2.05, 4.69) is 24.0 Å². The highest BCUT2D eigenvalue weighted by Crippen LogP contribution is 2.30. The van der Waals surface area contributed by atoms with Gasteiger partial charge in [-0.15, -0.1) is 0 Å². The van der Waals surface area contributed by atoms with Crippen LogP contribution in [-0.4, -0.2) is 67.0 Å². The van der Waals surface area contributed by atoms with Crippen LogP contribution in [0, 0.1) is 0 Å². The Labute approximate surface area is 190 Å². The molecular formula is C26H33N3O3. The standard InChI is InChI=1S/C26H33N3O3/c1-3-25(30)28-12-11-22-17-23(9-10-24(22)28)26(31)29(19-21-7-5-4-6-8-21)20(2)18-27-13-15-32-16-14-27/h4-10,17,20H,3,11-16,18-19H2,1-2H3. The van der Waals surface area contributed by atoms with Crippen molar-refractivity contribution in [2.75, 3.05) is 44.3 Å². The maximum Gasteiger partial charge on any atom is 0.254 e. The van der Waals surface area contributed by atoms with Gasteiger partial charge in [0.05, 0.1) is 13.2 Å². The topological polar surface area (TPSA) is 53.1 Å². The third-order valence-electron chi connectivity index (χ3n) is 6.44. The predicted molar refractivity (Wildman–Crippen MR) is 126 cm³/mol. The van der Waals surface area contributed by atoms with Gasteiger partial charge in [0.25, 0.3) is 5.91 Å². The summed E-state index contributed by atoms with van der Waals surface area (Å²) in [6, 6.07) is 16.0. The Kier molecular flexibility index (Phi) is 7.22. The number of carbonyl (C=O) groups excluding carboxylic acids is 2. The Morgan fingerprint density at radius 3 is 2.53 bits per heavy atom. The average molecular weight is 436 g/mol. The van der Waals surface area contributed by atoms with Crippen molar-refractivity contribution in [1.29, 1.82) is 0 Å². The first-order valence-electron chi connectivity index (χ1n) is 11.6. The second kappa shape index (κ2) is 10.3. The number of morpholine rings is 1. The second-order valence-electron chi connectivity index (χ2n) is 8.67. The number of hydrogen-bond donors (Lipinski definition) is 0. The highest BCUT2D eigenvalue weighted by Gasteiger charge is 2.28. The van der Waals surface area contributed by atoms with E-state index in [1.54, 1.807) is 0 Å². The number of carbonyl (C=O) groups is 2. The Hall–Kier alpha value is -2.70. The molecule has 0 aliphatic carbocycles. The minimum atomic E-state index is 0.0395. The number of hydrogen-bond acceptors (Lipinski definition) is 4. The largest absolute Gasteiger partial charge is 0.379 e. The molecule has 170 valence electrons. The molecule has 2 aromatic rings. The second-order valence-corrected chi connectivity index (χ2v) is 8.67. The molecule has 2 aromatic carbocycles. The summed E-state index contributed by atoms with van der Waals surface area (Å²) in [5.41, 5.74) is 3.84. The van der Waals surface area contributed by atoms with E-state index < -0.39 is 0 Å². The van der Waals surface area contributed by atoms with Crippen LogP contribution in [0.3, 0.4) is 0 Å². The van der Waals surface area contributed by atoms with Crippen molar-refractivity contribution < 1.29 is 14.3 Å². The molecule has 2 amide bonds. The Morgan fingerprint density at radius 2 is 1.81 bits per heavy atom. The summed E-state index contributed by atoms with van der Waals surface area (Å²) in [6.45, 7) is 9.40. The van der Waals surface area contributed by atoms with Gasteiger partial charge in [0.2, 0.25) is 5.91 Å². The molecular weight excluding hydrogens is 402 g/mol. The van der Waals surface area contributed by atoms with E-state index >= 15 is 0 Å². The van der Waals surface area contributed by atoms with Crippen LogP contribution in [0.15, 0.2) is 48.5 Å². The fourth-order valence-corrected chi connectivity index (χ4v) is 4.61. The number of anilines is 1. The molecule has 2 aliphatic rings. The third kappa shape index (κ3) is 5.03. The van der Waals surface area contributed by atoms with Gasteiger partial charge in [-0.3, -0.25) is 14.5 Å². The molecule has 0 radical (unpaired) electrons. The zero-order valence-electron chi connectivity index (χ0n) is 19.1. The van der Waals surface area contributed by atoms with Gasteiger partial charge >= 0.3 is 0 Å². The van der Waals surface area contributed by atoms with Crippen molar-refractivity contribution in [3.8, 4) is 0 Å². The van der Waals surface area contributed by atoms with Gasteiger partial charge in [-0.2, -0.15) is 0 Å². The smallest absolute Gasteiger partial charge is 0.254 e. The maximum atomic E-state index is 13.7. The molecule has 0 bridgehead atoms. The lowest BCUT2D eigenvalue weighted by molar-refractivity contribution is -0.118. The lowest BCUT2D eigenvalue weighted by atomic mass is 10.1. The lowest BCUT2D eigenvalue weighted by Crippen LogP contribution is -2.48. The molecule has 6 nitrogen and oxygen atoms in total. The number of rotatable bonds is 7. The van der Waals surface area contributed by atoms with Gasteiger partial charge in [0.15, 0.2) is 0 Å². The van der Waals surface area contributed by atoms with E-state index in [9.17, 15) is 9.59 Å². The monoisotopic (exact) mass is 435 g/mol. The summed E-state index contributed by atoms with van der Waals surface area (Å²) in [5, 5.41) is 0. The van der Waals surface area contributed by atoms with Crippen LogP contribution in [0.4, 0.5) is 5.69 Å². The van der Waals surface area contributed by atoms with Crippen molar-refractivity contribution >= 4 is 17.5 Å². The van der Waals surface area contributed by atoms with Crippen molar-refractivity contribution in [3.05, 3.63) is 65.2 Å². The Bertz CT molecular complexity index is 941. The first-order valence-corrected chi connectivity index (χ1v) is 11.6. The fourth-order valence-electron chi connectivity index (χ4n) is 4.61. The number of fused-ring (bicyclic) bond motifs is 1. The zero-order valence-corrected chi connectivity index (χ0v) is 19.1. The summed E-state index contributed by atoms with van der Waals surface area (Å²) in [5.74, 6) is 0.172. The van der Waals surface area contributed by atoms with Crippen molar-refractivity contribution in [2.24, 2.45) is 0 Å². The van der Waals surface area contributed by atoms with Crippen molar-refractivity contribution in [3.63, 3.8) is 0 Å². The van der Waals surface area contributed by atoms with E-state index in [1.807, 2.05) is 53.1 Å². The van der Waals surface area contributed by atoms with E-state index in [0.717, 1.165) is 56.1 Å². The first kappa shape index (κ1) is 22.5. The number of amides is 2. The molecule has 0 aromatic heterocycles. The Balaban J connectivity index is 1.56. The minimum absolute atomic E-state index is 0.0395.